The molecule has 2 aromatic rings. The second kappa shape index (κ2) is 8.45. The molecule has 4 rings (SSSR count). The van der Waals surface area contributed by atoms with Crippen LogP contribution >= 0.6 is 15.8 Å². The van der Waals surface area contributed by atoms with Gasteiger partial charge in [-0.2, -0.15) is 24.3 Å². The van der Waals surface area contributed by atoms with Gasteiger partial charge in [-0.05, 0) is 35.5 Å². The topological polar surface area (TPSA) is 0 Å². The maximum Gasteiger partial charge on any atom is 2.00 e. The molecule has 0 aliphatic carbocycles. The first-order valence-corrected chi connectivity index (χ1v) is 11.5. The first-order valence-electron chi connectivity index (χ1n) is 8.58. The van der Waals surface area contributed by atoms with Crippen molar-refractivity contribution in [3.8, 4) is 0 Å². The van der Waals surface area contributed by atoms with Gasteiger partial charge in [-0.1, -0.05) is 27.7 Å². The van der Waals surface area contributed by atoms with Crippen LogP contribution in [-0.2, 0) is 17.1 Å². The summed E-state index contributed by atoms with van der Waals surface area (Å²) in [7, 11) is 0.443. The van der Waals surface area contributed by atoms with Crippen LogP contribution in [0.25, 0.3) is 0 Å². The Morgan fingerprint density at radius 3 is 1.09 bits per heavy atom. The van der Waals surface area contributed by atoms with Crippen molar-refractivity contribution in [3.63, 3.8) is 0 Å². The van der Waals surface area contributed by atoms with Gasteiger partial charge in [0, 0.05) is 0 Å². The van der Waals surface area contributed by atoms with Crippen molar-refractivity contribution in [2.24, 2.45) is 0 Å². The van der Waals surface area contributed by atoms with E-state index >= 15 is 0 Å². The van der Waals surface area contributed by atoms with Crippen LogP contribution in [-0.4, -0.2) is 22.6 Å². The van der Waals surface area contributed by atoms with E-state index in [0.29, 0.717) is 0 Å². The van der Waals surface area contributed by atoms with Gasteiger partial charge in [-0.15, -0.1) is 26.5 Å². The minimum Gasteiger partial charge on any atom is -0.213 e. The van der Waals surface area contributed by atoms with E-state index in [9.17, 15) is 0 Å². The molecule has 0 spiro atoms. The van der Waals surface area contributed by atoms with Crippen LogP contribution in [0, 0.1) is 0 Å². The van der Waals surface area contributed by atoms with Crippen LogP contribution < -0.4 is 10.6 Å². The van der Waals surface area contributed by atoms with Crippen LogP contribution in [0.15, 0.2) is 48.5 Å². The van der Waals surface area contributed by atoms with Crippen molar-refractivity contribution in [1.82, 2.24) is 0 Å². The zero-order chi connectivity index (χ0) is 15.7. The largest absolute Gasteiger partial charge is 2.00 e. The fraction of sp³-hybridized carbons (Fsp3) is 0.500. The molecule has 0 N–H and O–H groups in total. The Balaban J connectivity index is 0.000000160. The first kappa shape index (κ1) is 19.4. The second-order valence-corrected chi connectivity index (χ2v) is 13.2. The second-order valence-electron chi connectivity index (χ2n) is 6.97. The van der Waals surface area contributed by atoms with Crippen LogP contribution in [0.1, 0.15) is 40.5 Å². The molecule has 0 saturated carbocycles. The van der Waals surface area contributed by atoms with Crippen molar-refractivity contribution in [1.29, 1.82) is 0 Å². The summed E-state index contributed by atoms with van der Waals surface area (Å²) in [5.41, 5.74) is 3.90. The van der Waals surface area contributed by atoms with E-state index in [4.69, 9.17) is 0 Å². The summed E-state index contributed by atoms with van der Waals surface area (Å²) >= 11 is 0. The van der Waals surface area contributed by atoms with E-state index in [1.165, 1.54) is 12.8 Å². The Bertz CT molecular complexity index is 492. The van der Waals surface area contributed by atoms with Gasteiger partial charge in [0.1, 0.15) is 0 Å². The van der Waals surface area contributed by atoms with Gasteiger partial charge >= 0.3 is 17.1 Å². The normalized spacial score (nSPS) is 30.4. The van der Waals surface area contributed by atoms with Crippen molar-refractivity contribution in [3.05, 3.63) is 48.5 Å². The molecule has 0 nitrogen and oxygen atoms in total. The van der Waals surface area contributed by atoms with Crippen LogP contribution in [0.3, 0.4) is 0 Å². The maximum absolute atomic E-state index is 2.39. The Kier molecular flexibility index (Phi) is 7.13. The monoisotopic (exact) mass is 386 g/mol. The number of hydrogen-bond donors (Lipinski definition) is 0. The quantitative estimate of drug-likeness (QED) is 0.369. The third-order valence-corrected chi connectivity index (χ3v) is 11.6. The zero-order valence-corrected chi connectivity index (χ0v) is 17.5. The summed E-state index contributed by atoms with van der Waals surface area (Å²) in [5, 5.41) is 3.23. The van der Waals surface area contributed by atoms with Crippen LogP contribution in [0.5, 0.6) is 0 Å². The average Bonchev–Trinajstić information content (AvgIpc) is 3.13. The number of hydrogen-bond acceptors (Lipinski definition) is 0. The number of rotatable bonds is 2. The van der Waals surface area contributed by atoms with E-state index in [-0.39, 0.29) is 32.9 Å². The Morgan fingerprint density at radius 1 is 0.609 bits per heavy atom. The molecule has 2 saturated heterocycles. The van der Waals surface area contributed by atoms with E-state index in [2.05, 4.69) is 76.2 Å². The molecule has 126 valence electrons. The summed E-state index contributed by atoms with van der Waals surface area (Å²) in [4.78, 5) is 0. The molecule has 2 aromatic carbocycles. The molecule has 0 unspecified atom stereocenters. The Hall–Kier alpha value is 0.0795. The summed E-state index contributed by atoms with van der Waals surface area (Å²) in [6, 6.07) is 17.8. The average molecular weight is 386 g/mol. The summed E-state index contributed by atoms with van der Waals surface area (Å²) in [6.45, 7) is 9.55. The van der Waals surface area contributed by atoms with Gasteiger partial charge in [-0.25, -0.2) is 24.3 Å². The van der Waals surface area contributed by atoms with Gasteiger partial charge in [0.05, 0.1) is 0 Å². The summed E-state index contributed by atoms with van der Waals surface area (Å²) in [5.74, 6) is 0. The van der Waals surface area contributed by atoms with Crippen molar-refractivity contribution < 1.29 is 17.1 Å². The predicted octanol–water partition coefficient (Wildman–Crippen LogP) is 5.38. The first-order chi connectivity index (χ1) is 10.6. The minimum absolute atomic E-state index is 0. The third kappa shape index (κ3) is 4.19. The van der Waals surface area contributed by atoms with Gasteiger partial charge in [-0.3, -0.25) is 0 Å². The molecule has 0 amide bonds. The Morgan fingerprint density at radius 2 is 0.870 bits per heavy atom. The van der Waals surface area contributed by atoms with Gasteiger partial charge in [0.2, 0.25) is 0 Å². The minimum atomic E-state index is 0. The van der Waals surface area contributed by atoms with E-state index in [1.54, 1.807) is 10.6 Å². The van der Waals surface area contributed by atoms with Crippen LogP contribution in [0.2, 0.25) is 0 Å². The molecular weight excluding hydrogens is 358 g/mol. The van der Waals surface area contributed by atoms with Crippen molar-refractivity contribution >= 4 is 26.5 Å². The van der Waals surface area contributed by atoms with E-state index in [1.807, 2.05) is 0 Å². The smallest absolute Gasteiger partial charge is 0.213 e. The predicted molar refractivity (Wildman–Crippen MR) is 104 cm³/mol. The zero-order valence-electron chi connectivity index (χ0n) is 14.6. The van der Waals surface area contributed by atoms with E-state index < -0.39 is 0 Å². The molecule has 2 fully saturated rings. The third-order valence-electron chi connectivity index (χ3n) is 5.15. The molecule has 2 aliphatic rings. The molecule has 3 heteroatoms. The molecule has 0 radical (unpaired) electrons. The SMILES string of the molecule is C[C@@H]1C[C@@H](C)P1[c-]1cccc1.C[C@@H]1C[C@@H](C)P1[c-]1cccc1.[Fe+2]. The van der Waals surface area contributed by atoms with Crippen LogP contribution in [0.4, 0.5) is 0 Å². The fourth-order valence-corrected chi connectivity index (χ4v) is 10.3. The standard InChI is InChI=1S/2C10H14P.Fe/c2*1-8-7-9(2)11(8)10-5-3-4-6-10;/h2*3-6,8-9H,7H2,1-2H3;/q2*-1;+2/t2*8-,9-;/m11./s1. The molecule has 0 bridgehead atoms. The molecule has 0 aromatic heterocycles. The molecule has 23 heavy (non-hydrogen) atoms. The summed E-state index contributed by atoms with van der Waals surface area (Å²) < 4.78 is 0. The van der Waals surface area contributed by atoms with Crippen molar-refractivity contribution in [2.45, 2.75) is 63.2 Å². The Labute approximate surface area is 155 Å². The summed E-state index contributed by atoms with van der Waals surface area (Å²) in [6.07, 6.45) is 2.88. The molecule has 2 heterocycles. The molecular formula is C20H28FeP2. The van der Waals surface area contributed by atoms with Crippen molar-refractivity contribution in [2.75, 3.05) is 0 Å². The molecule has 4 atom stereocenters. The van der Waals surface area contributed by atoms with Gasteiger partial charge in [0.15, 0.2) is 0 Å². The maximum atomic E-state index is 2.39. The van der Waals surface area contributed by atoms with E-state index in [0.717, 1.165) is 22.6 Å². The van der Waals surface area contributed by atoms with Gasteiger partial charge < -0.3 is 0 Å². The molecule has 2 aliphatic heterocycles. The van der Waals surface area contributed by atoms with Gasteiger partial charge in [0.25, 0.3) is 0 Å². The fourth-order valence-electron chi connectivity index (χ4n) is 4.12.